The van der Waals surface area contributed by atoms with Gasteiger partial charge in [-0.2, -0.15) is 5.90 Å². The first kappa shape index (κ1) is 24.1. The molecule has 3 rings (SSSR count). The van der Waals surface area contributed by atoms with Gasteiger partial charge in [0.2, 0.25) is 5.90 Å². The van der Waals surface area contributed by atoms with Crippen LogP contribution in [-0.2, 0) is 9.57 Å². The number of halogens is 1. The number of methoxy groups -OCH3 is 1. The lowest BCUT2D eigenvalue weighted by Gasteiger charge is -2.17. The van der Waals surface area contributed by atoms with Crippen molar-refractivity contribution in [1.82, 2.24) is 0 Å². The lowest BCUT2D eigenvalue weighted by molar-refractivity contribution is 0.186. The lowest BCUT2D eigenvalue weighted by Crippen LogP contribution is -2.12. The van der Waals surface area contributed by atoms with E-state index in [9.17, 15) is 4.39 Å². The number of rotatable bonds is 7. The van der Waals surface area contributed by atoms with Crippen LogP contribution >= 0.6 is 0 Å². The number of hydrogen-bond donors (Lipinski definition) is 1. The molecule has 0 heterocycles. The average molecular weight is 445 g/mol. The van der Waals surface area contributed by atoms with E-state index in [4.69, 9.17) is 15.5 Å². The molecule has 33 heavy (non-hydrogen) atoms. The minimum absolute atomic E-state index is 0.0378. The molecular formula is C28H29FN2O2. The van der Waals surface area contributed by atoms with E-state index >= 15 is 0 Å². The third kappa shape index (κ3) is 5.64. The predicted octanol–water partition coefficient (Wildman–Crippen LogP) is 6.27. The monoisotopic (exact) mass is 444 g/mol. The number of nitrogens with zero attached hydrogens (tertiary/aromatic N) is 1. The molecule has 0 saturated heterocycles. The van der Waals surface area contributed by atoms with Gasteiger partial charge >= 0.3 is 0 Å². The molecule has 2 aromatic carbocycles. The Morgan fingerprint density at radius 3 is 2.55 bits per heavy atom. The van der Waals surface area contributed by atoms with Gasteiger partial charge in [0.05, 0.1) is 12.3 Å². The first-order valence-electron chi connectivity index (χ1n) is 10.6. The zero-order valence-electron chi connectivity index (χ0n) is 19.3. The van der Waals surface area contributed by atoms with Crippen molar-refractivity contribution in [2.75, 3.05) is 13.7 Å². The molecule has 0 saturated carbocycles. The van der Waals surface area contributed by atoms with Gasteiger partial charge in [0, 0.05) is 29.7 Å². The third-order valence-electron chi connectivity index (χ3n) is 5.51. The number of aliphatic imine (C=N–C) groups is 1. The maximum atomic E-state index is 14.4. The zero-order chi connectivity index (χ0) is 24.0. The van der Waals surface area contributed by atoms with Crippen LogP contribution < -0.4 is 5.90 Å². The molecule has 4 nitrogen and oxygen atoms in total. The molecule has 1 unspecified atom stereocenters. The molecule has 0 fully saturated rings. The van der Waals surface area contributed by atoms with Crippen LogP contribution in [0.25, 0.3) is 16.8 Å². The molecule has 1 atom stereocenters. The molecule has 0 bridgehead atoms. The molecule has 2 aromatic rings. The minimum atomic E-state index is -0.381. The molecule has 0 radical (unpaired) electrons. The maximum Gasteiger partial charge on any atom is 0.245 e. The second-order valence-electron chi connectivity index (χ2n) is 7.94. The van der Waals surface area contributed by atoms with Crippen LogP contribution in [0.5, 0.6) is 0 Å². The molecule has 0 spiro atoms. The Morgan fingerprint density at radius 2 is 1.91 bits per heavy atom. The van der Waals surface area contributed by atoms with Crippen molar-refractivity contribution in [2.24, 2.45) is 16.8 Å². The normalized spacial score (nSPS) is 16.0. The van der Waals surface area contributed by atoms with E-state index in [1.807, 2.05) is 36.4 Å². The molecule has 2 N–H and O–H groups in total. The summed E-state index contributed by atoms with van der Waals surface area (Å²) in [6, 6.07) is 13.0. The highest BCUT2D eigenvalue weighted by atomic mass is 19.1. The first-order valence-corrected chi connectivity index (χ1v) is 10.6. The van der Waals surface area contributed by atoms with Crippen molar-refractivity contribution in [1.29, 1.82) is 0 Å². The molecule has 5 heteroatoms. The Hall–Kier alpha value is -3.54. The highest BCUT2D eigenvalue weighted by molar-refractivity contribution is 6.00. The van der Waals surface area contributed by atoms with Crippen LogP contribution in [0.2, 0.25) is 0 Å². The first-order chi connectivity index (χ1) is 15.8. The third-order valence-corrected chi connectivity index (χ3v) is 5.51. The number of hydrogen-bond acceptors (Lipinski definition) is 4. The highest BCUT2D eigenvalue weighted by Crippen LogP contribution is 2.31. The molecule has 0 amide bonds. The zero-order valence-corrected chi connectivity index (χ0v) is 19.3. The Labute approximate surface area is 194 Å². The molecule has 1 aliphatic carbocycles. The summed E-state index contributed by atoms with van der Waals surface area (Å²) >= 11 is 0. The fourth-order valence-electron chi connectivity index (χ4n) is 3.72. The largest absolute Gasteiger partial charge is 0.391 e. The maximum absolute atomic E-state index is 14.4. The fourth-order valence-corrected chi connectivity index (χ4v) is 3.72. The van der Waals surface area contributed by atoms with Crippen molar-refractivity contribution in [3.8, 4) is 0 Å². The standard InChI is InChI=1S/C28H29FN2O2/c1-18(2)24-14-13-22(16-27(24)29)20(4)31-28(33-30)21-10-11-23(17-32-5)26(15-12-21)25-9-7-6-8-19(25)3/h6-16,23H,1,4,17,30H2,2-3,5H3. The van der Waals surface area contributed by atoms with Crippen molar-refractivity contribution >= 4 is 22.7 Å². The van der Waals surface area contributed by atoms with Gasteiger partial charge in [-0.3, -0.25) is 0 Å². The molecule has 170 valence electrons. The molecule has 0 aliphatic heterocycles. The van der Waals surface area contributed by atoms with E-state index in [2.05, 4.69) is 37.2 Å². The molecule has 1 aliphatic rings. The summed E-state index contributed by atoms with van der Waals surface area (Å²) in [6.45, 7) is 12.1. The van der Waals surface area contributed by atoms with E-state index < -0.39 is 0 Å². The van der Waals surface area contributed by atoms with Crippen LogP contribution in [0, 0.1) is 18.7 Å². The average Bonchev–Trinajstić information content (AvgIpc) is 3.00. The van der Waals surface area contributed by atoms with Gasteiger partial charge in [-0.1, -0.05) is 67.8 Å². The Kier molecular flexibility index (Phi) is 7.93. The Morgan fingerprint density at radius 1 is 1.15 bits per heavy atom. The van der Waals surface area contributed by atoms with Gasteiger partial charge in [0.25, 0.3) is 0 Å². The second kappa shape index (κ2) is 10.9. The Balaban J connectivity index is 1.97. The number of ether oxygens (including phenoxy) is 1. The van der Waals surface area contributed by atoms with Gasteiger partial charge < -0.3 is 9.57 Å². The summed E-state index contributed by atoms with van der Waals surface area (Å²) in [6.07, 6.45) is 7.87. The quantitative estimate of drug-likeness (QED) is 0.311. The SMILES string of the molecule is C=C(N=C(ON)C1=CC=C(c2ccccc2C)C(COC)C=C1)c1ccc(C(=C)C)c(F)c1. The summed E-state index contributed by atoms with van der Waals surface area (Å²) < 4.78 is 19.8. The van der Waals surface area contributed by atoms with Crippen molar-refractivity contribution in [3.05, 3.63) is 114 Å². The van der Waals surface area contributed by atoms with Crippen LogP contribution in [0.1, 0.15) is 29.2 Å². The smallest absolute Gasteiger partial charge is 0.245 e. The summed E-state index contributed by atoms with van der Waals surface area (Å²) in [7, 11) is 1.68. The number of benzene rings is 2. The number of aryl methyl sites for hydroxylation is 1. The summed E-state index contributed by atoms with van der Waals surface area (Å²) in [5, 5.41) is 0. The van der Waals surface area contributed by atoms with Gasteiger partial charge in [-0.05, 0) is 48.3 Å². The fraction of sp³-hybridized carbons (Fsp3) is 0.179. The lowest BCUT2D eigenvalue weighted by atomic mass is 9.90. The van der Waals surface area contributed by atoms with Crippen LogP contribution in [0.4, 0.5) is 4.39 Å². The van der Waals surface area contributed by atoms with Crippen molar-refractivity contribution in [2.45, 2.75) is 13.8 Å². The van der Waals surface area contributed by atoms with E-state index in [0.29, 0.717) is 34.6 Å². The highest BCUT2D eigenvalue weighted by Gasteiger charge is 2.18. The number of allylic oxidation sites excluding steroid dienone is 3. The second-order valence-corrected chi connectivity index (χ2v) is 7.94. The molecule has 0 aromatic heterocycles. The van der Waals surface area contributed by atoms with Gasteiger partial charge in [-0.25, -0.2) is 9.38 Å². The van der Waals surface area contributed by atoms with Gasteiger partial charge in [0.15, 0.2) is 0 Å². The summed E-state index contributed by atoms with van der Waals surface area (Å²) in [5.41, 5.74) is 6.07. The Bertz CT molecular complexity index is 1190. The van der Waals surface area contributed by atoms with E-state index in [-0.39, 0.29) is 17.6 Å². The van der Waals surface area contributed by atoms with Crippen molar-refractivity contribution < 1.29 is 14.0 Å². The molecular weight excluding hydrogens is 415 g/mol. The van der Waals surface area contributed by atoms with Crippen LogP contribution in [-0.4, -0.2) is 19.6 Å². The van der Waals surface area contributed by atoms with E-state index in [1.165, 1.54) is 11.6 Å². The van der Waals surface area contributed by atoms with E-state index in [1.54, 1.807) is 26.2 Å². The van der Waals surface area contributed by atoms with Gasteiger partial charge in [-0.15, -0.1) is 0 Å². The summed E-state index contributed by atoms with van der Waals surface area (Å²) in [5.74, 6) is 5.40. The topological polar surface area (TPSA) is 56.8 Å². The van der Waals surface area contributed by atoms with Crippen LogP contribution in [0.15, 0.2) is 90.5 Å². The van der Waals surface area contributed by atoms with Gasteiger partial charge in [0.1, 0.15) is 5.82 Å². The van der Waals surface area contributed by atoms with Crippen LogP contribution in [0.3, 0.4) is 0 Å². The minimum Gasteiger partial charge on any atom is -0.391 e. The number of nitrogens with two attached hydrogens (primary N) is 1. The van der Waals surface area contributed by atoms with E-state index in [0.717, 1.165) is 11.1 Å². The van der Waals surface area contributed by atoms with Crippen molar-refractivity contribution in [3.63, 3.8) is 0 Å². The summed E-state index contributed by atoms with van der Waals surface area (Å²) in [4.78, 5) is 9.53. The predicted molar refractivity (Wildman–Crippen MR) is 135 cm³/mol.